The molecule has 3 heteroatoms. The maximum atomic E-state index is 12.1. The number of benzene rings is 2. The van der Waals surface area contributed by atoms with E-state index in [1.807, 2.05) is 31.2 Å². The van der Waals surface area contributed by atoms with Crippen molar-refractivity contribution in [2.75, 3.05) is 12.3 Å². The van der Waals surface area contributed by atoms with Crippen molar-refractivity contribution in [3.63, 3.8) is 0 Å². The summed E-state index contributed by atoms with van der Waals surface area (Å²) in [6.07, 6.45) is 3.29. The highest BCUT2D eigenvalue weighted by atomic mass is 16.5. The van der Waals surface area contributed by atoms with Gasteiger partial charge in [-0.2, -0.15) is 0 Å². The molecule has 0 aliphatic carbocycles. The zero-order valence-corrected chi connectivity index (χ0v) is 11.4. The number of rotatable bonds is 5. The van der Waals surface area contributed by atoms with Crippen LogP contribution in [0.15, 0.2) is 54.6 Å². The second-order valence-electron chi connectivity index (χ2n) is 4.29. The van der Waals surface area contributed by atoms with Gasteiger partial charge in [-0.05, 0) is 37.3 Å². The van der Waals surface area contributed by atoms with Crippen molar-refractivity contribution in [2.45, 2.75) is 6.92 Å². The molecule has 2 aromatic rings. The van der Waals surface area contributed by atoms with Crippen molar-refractivity contribution in [2.24, 2.45) is 0 Å². The van der Waals surface area contributed by atoms with Gasteiger partial charge in [0.1, 0.15) is 5.75 Å². The molecular weight excluding hydrogens is 250 g/mol. The average molecular weight is 267 g/mol. The minimum atomic E-state index is -0.0800. The molecule has 0 heterocycles. The van der Waals surface area contributed by atoms with Gasteiger partial charge >= 0.3 is 0 Å². The van der Waals surface area contributed by atoms with Crippen molar-refractivity contribution >= 4 is 17.5 Å². The molecule has 0 aliphatic heterocycles. The molecule has 0 amide bonds. The normalized spacial score (nSPS) is 10.7. The number of nitrogens with two attached hydrogens (primary N) is 1. The Balaban J connectivity index is 2.19. The van der Waals surface area contributed by atoms with E-state index in [9.17, 15) is 4.79 Å². The standard InChI is InChI=1S/C17H17NO2/c1-2-20-17-9-4-3-6-13(17)10-11-16(19)14-7-5-8-15(18)12-14/h3-12H,2,18H2,1H3. The van der Waals surface area contributed by atoms with E-state index in [1.165, 1.54) is 6.08 Å². The topological polar surface area (TPSA) is 52.3 Å². The smallest absolute Gasteiger partial charge is 0.185 e. The second-order valence-corrected chi connectivity index (χ2v) is 4.29. The first-order valence-electron chi connectivity index (χ1n) is 6.50. The minimum Gasteiger partial charge on any atom is -0.493 e. The zero-order chi connectivity index (χ0) is 14.4. The lowest BCUT2D eigenvalue weighted by Gasteiger charge is -2.06. The predicted octanol–water partition coefficient (Wildman–Crippen LogP) is 3.56. The van der Waals surface area contributed by atoms with E-state index in [0.717, 1.165) is 11.3 Å². The van der Waals surface area contributed by atoms with Crippen LogP contribution in [0.5, 0.6) is 5.75 Å². The second kappa shape index (κ2) is 6.57. The first-order valence-corrected chi connectivity index (χ1v) is 6.50. The highest BCUT2D eigenvalue weighted by Gasteiger charge is 2.03. The summed E-state index contributed by atoms with van der Waals surface area (Å²) in [6.45, 7) is 2.52. The molecular formula is C17H17NO2. The molecule has 0 aliphatic rings. The SMILES string of the molecule is CCOc1ccccc1C=CC(=O)c1cccc(N)c1. The summed E-state index contributed by atoms with van der Waals surface area (Å²) in [5.41, 5.74) is 7.71. The van der Waals surface area contributed by atoms with E-state index < -0.39 is 0 Å². The summed E-state index contributed by atoms with van der Waals surface area (Å²) in [4.78, 5) is 12.1. The Bertz CT molecular complexity index is 632. The van der Waals surface area contributed by atoms with E-state index in [4.69, 9.17) is 10.5 Å². The largest absolute Gasteiger partial charge is 0.493 e. The van der Waals surface area contributed by atoms with Gasteiger partial charge in [0.2, 0.25) is 0 Å². The molecule has 0 spiro atoms. The van der Waals surface area contributed by atoms with Gasteiger partial charge in [0.05, 0.1) is 6.61 Å². The van der Waals surface area contributed by atoms with Crippen LogP contribution in [0.1, 0.15) is 22.8 Å². The Labute approximate surface area is 118 Å². The van der Waals surface area contributed by atoms with Gasteiger partial charge in [-0.25, -0.2) is 0 Å². The van der Waals surface area contributed by atoms with Crippen LogP contribution in [0, 0.1) is 0 Å². The van der Waals surface area contributed by atoms with Crippen LogP contribution >= 0.6 is 0 Å². The fraction of sp³-hybridized carbons (Fsp3) is 0.118. The van der Waals surface area contributed by atoms with Gasteiger partial charge in [0, 0.05) is 16.8 Å². The monoisotopic (exact) mass is 267 g/mol. The fourth-order valence-corrected chi connectivity index (χ4v) is 1.86. The molecule has 0 saturated carbocycles. The molecule has 0 unspecified atom stereocenters. The summed E-state index contributed by atoms with van der Waals surface area (Å²) >= 11 is 0. The number of hydrogen-bond acceptors (Lipinski definition) is 3. The first kappa shape index (κ1) is 13.9. The molecule has 2 aromatic carbocycles. The lowest BCUT2D eigenvalue weighted by Crippen LogP contribution is -1.96. The van der Waals surface area contributed by atoms with Crippen LogP contribution in [0.3, 0.4) is 0 Å². The van der Waals surface area contributed by atoms with Crippen LogP contribution in [-0.2, 0) is 0 Å². The van der Waals surface area contributed by atoms with E-state index in [1.54, 1.807) is 30.3 Å². The Kier molecular flexibility index (Phi) is 4.56. The fourth-order valence-electron chi connectivity index (χ4n) is 1.86. The third-order valence-electron chi connectivity index (χ3n) is 2.80. The Morgan fingerprint density at radius 3 is 2.75 bits per heavy atom. The number of hydrogen-bond donors (Lipinski definition) is 1. The van der Waals surface area contributed by atoms with Crippen LogP contribution in [0.2, 0.25) is 0 Å². The molecule has 102 valence electrons. The molecule has 0 radical (unpaired) electrons. The van der Waals surface area contributed by atoms with Crippen molar-refractivity contribution in [1.29, 1.82) is 0 Å². The molecule has 0 atom stereocenters. The lowest BCUT2D eigenvalue weighted by atomic mass is 10.1. The van der Waals surface area contributed by atoms with E-state index in [0.29, 0.717) is 17.9 Å². The zero-order valence-electron chi connectivity index (χ0n) is 11.4. The van der Waals surface area contributed by atoms with Gasteiger partial charge in [-0.1, -0.05) is 30.3 Å². The Morgan fingerprint density at radius 1 is 1.20 bits per heavy atom. The predicted molar refractivity (Wildman–Crippen MR) is 81.8 cm³/mol. The summed E-state index contributed by atoms with van der Waals surface area (Å²) in [5.74, 6) is 0.690. The summed E-state index contributed by atoms with van der Waals surface area (Å²) in [7, 11) is 0. The molecule has 2 rings (SSSR count). The van der Waals surface area contributed by atoms with Gasteiger partial charge < -0.3 is 10.5 Å². The molecule has 0 saturated heterocycles. The third kappa shape index (κ3) is 3.48. The number of anilines is 1. The van der Waals surface area contributed by atoms with Gasteiger partial charge in [0.25, 0.3) is 0 Å². The number of carbonyl (C=O) groups excluding carboxylic acids is 1. The average Bonchev–Trinajstić information content (AvgIpc) is 2.46. The summed E-state index contributed by atoms with van der Waals surface area (Å²) in [5, 5.41) is 0. The van der Waals surface area contributed by atoms with Crippen LogP contribution < -0.4 is 10.5 Å². The van der Waals surface area contributed by atoms with Crippen molar-refractivity contribution < 1.29 is 9.53 Å². The van der Waals surface area contributed by atoms with Crippen molar-refractivity contribution in [3.05, 3.63) is 65.7 Å². The maximum Gasteiger partial charge on any atom is 0.185 e. The van der Waals surface area contributed by atoms with Crippen molar-refractivity contribution in [1.82, 2.24) is 0 Å². The minimum absolute atomic E-state index is 0.0800. The van der Waals surface area contributed by atoms with E-state index in [-0.39, 0.29) is 5.78 Å². The highest BCUT2D eigenvalue weighted by Crippen LogP contribution is 2.19. The number of nitrogen functional groups attached to an aromatic ring is 1. The van der Waals surface area contributed by atoms with Crippen LogP contribution in [-0.4, -0.2) is 12.4 Å². The number of carbonyl (C=O) groups is 1. The molecule has 0 aromatic heterocycles. The van der Waals surface area contributed by atoms with E-state index >= 15 is 0 Å². The molecule has 0 fully saturated rings. The molecule has 0 bridgehead atoms. The molecule has 20 heavy (non-hydrogen) atoms. The molecule has 2 N–H and O–H groups in total. The third-order valence-corrected chi connectivity index (χ3v) is 2.80. The Morgan fingerprint density at radius 2 is 2.00 bits per heavy atom. The lowest BCUT2D eigenvalue weighted by molar-refractivity contribution is 0.104. The summed E-state index contributed by atoms with van der Waals surface area (Å²) in [6, 6.07) is 14.5. The van der Waals surface area contributed by atoms with Crippen LogP contribution in [0.25, 0.3) is 6.08 Å². The number of ketones is 1. The number of ether oxygens (including phenoxy) is 1. The Hall–Kier alpha value is -2.55. The van der Waals surface area contributed by atoms with Crippen molar-refractivity contribution in [3.8, 4) is 5.75 Å². The van der Waals surface area contributed by atoms with Gasteiger partial charge in [0.15, 0.2) is 5.78 Å². The number of allylic oxidation sites excluding steroid dienone is 1. The summed E-state index contributed by atoms with van der Waals surface area (Å²) < 4.78 is 5.51. The van der Waals surface area contributed by atoms with Crippen LogP contribution in [0.4, 0.5) is 5.69 Å². The number of para-hydroxylation sites is 1. The molecule has 3 nitrogen and oxygen atoms in total. The first-order chi connectivity index (χ1) is 9.70. The maximum absolute atomic E-state index is 12.1. The van der Waals surface area contributed by atoms with Gasteiger partial charge in [-0.15, -0.1) is 0 Å². The quantitative estimate of drug-likeness (QED) is 0.512. The van der Waals surface area contributed by atoms with Gasteiger partial charge in [-0.3, -0.25) is 4.79 Å². The highest BCUT2D eigenvalue weighted by molar-refractivity contribution is 6.07. The van der Waals surface area contributed by atoms with E-state index in [2.05, 4.69) is 0 Å².